The number of anilines is 1. The molecule has 19 heavy (non-hydrogen) atoms. The number of nitrogens with one attached hydrogen (secondary N) is 1. The van der Waals surface area contributed by atoms with Crippen molar-refractivity contribution in [2.24, 2.45) is 5.10 Å². The summed E-state index contributed by atoms with van der Waals surface area (Å²) in [5.41, 5.74) is 4.50. The molecule has 0 aliphatic heterocycles. The molecule has 0 saturated heterocycles. The molecule has 0 atom stereocenters. The van der Waals surface area contributed by atoms with E-state index in [0.717, 1.165) is 11.3 Å². The number of nitrogens with zero attached hydrogens (tertiary/aromatic N) is 1. The number of hydrazone groups is 1. The minimum absolute atomic E-state index is 0.0719. The minimum atomic E-state index is -0.0719. The Morgan fingerprint density at radius 3 is 2.68 bits per heavy atom. The molecule has 0 heterocycles. The van der Waals surface area contributed by atoms with Gasteiger partial charge in [0.2, 0.25) is 0 Å². The molecule has 0 saturated carbocycles. The average Bonchev–Trinajstić information content (AvgIpc) is 2.43. The molecule has 5 heteroatoms. The van der Waals surface area contributed by atoms with E-state index in [1.165, 1.54) is 7.11 Å². The zero-order chi connectivity index (χ0) is 13.7. The summed E-state index contributed by atoms with van der Waals surface area (Å²) in [4.78, 5) is 0. The van der Waals surface area contributed by atoms with Crippen LogP contribution in [0.5, 0.6) is 11.5 Å². The van der Waals surface area contributed by atoms with Crippen molar-refractivity contribution in [3.8, 4) is 11.5 Å². The number of benzene rings is 2. The summed E-state index contributed by atoms with van der Waals surface area (Å²) in [5, 5.41) is 13.9. The quantitative estimate of drug-likeness (QED) is 0.664. The van der Waals surface area contributed by atoms with Gasteiger partial charge in [0, 0.05) is 0 Å². The van der Waals surface area contributed by atoms with Crippen molar-refractivity contribution in [2.45, 2.75) is 0 Å². The van der Waals surface area contributed by atoms with Crippen molar-refractivity contribution in [2.75, 3.05) is 12.5 Å². The number of rotatable bonds is 4. The van der Waals surface area contributed by atoms with E-state index in [4.69, 9.17) is 16.3 Å². The molecule has 98 valence electrons. The Kier molecular flexibility index (Phi) is 4.26. The first-order valence-corrected chi connectivity index (χ1v) is 5.99. The predicted molar refractivity (Wildman–Crippen MR) is 77.3 cm³/mol. The van der Waals surface area contributed by atoms with Crippen LogP contribution in [0.4, 0.5) is 5.69 Å². The molecule has 0 spiro atoms. The summed E-state index contributed by atoms with van der Waals surface area (Å²) in [6, 6.07) is 12.8. The predicted octanol–water partition coefficient (Wildman–Crippen LogP) is 3.50. The zero-order valence-corrected chi connectivity index (χ0v) is 11.1. The fraction of sp³-hybridized carbons (Fsp3) is 0.0714. The Morgan fingerprint density at radius 1 is 1.26 bits per heavy atom. The summed E-state index contributed by atoms with van der Waals surface area (Å²) in [7, 11) is 1.47. The second kappa shape index (κ2) is 6.11. The molecule has 0 fully saturated rings. The van der Waals surface area contributed by atoms with Gasteiger partial charge in [-0.15, -0.1) is 0 Å². The largest absolute Gasteiger partial charge is 0.503 e. The summed E-state index contributed by atoms with van der Waals surface area (Å²) in [6.45, 7) is 0. The number of methoxy groups -OCH3 is 1. The molecule has 0 radical (unpaired) electrons. The van der Waals surface area contributed by atoms with Gasteiger partial charge in [0.15, 0.2) is 11.5 Å². The van der Waals surface area contributed by atoms with Gasteiger partial charge in [-0.1, -0.05) is 29.8 Å². The van der Waals surface area contributed by atoms with Gasteiger partial charge in [0.25, 0.3) is 0 Å². The van der Waals surface area contributed by atoms with E-state index in [9.17, 15) is 5.11 Å². The van der Waals surface area contributed by atoms with Gasteiger partial charge in [-0.05, 0) is 29.8 Å². The van der Waals surface area contributed by atoms with Crippen molar-refractivity contribution < 1.29 is 9.84 Å². The lowest BCUT2D eigenvalue weighted by molar-refractivity contribution is 0.373. The highest BCUT2D eigenvalue weighted by Gasteiger charge is 2.07. The number of para-hydroxylation sites is 1. The van der Waals surface area contributed by atoms with Crippen LogP contribution in [0.1, 0.15) is 5.56 Å². The molecular weight excluding hydrogens is 264 g/mol. The number of hydrogen-bond acceptors (Lipinski definition) is 4. The van der Waals surface area contributed by atoms with Crippen LogP contribution >= 0.6 is 11.6 Å². The van der Waals surface area contributed by atoms with Crippen LogP contribution in [0.3, 0.4) is 0 Å². The monoisotopic (exact) mass is 276 g/mol. The number of ether oxygens (including phenoxy) is 1. The molecule has 0 aliphatic carbocycles. The van der Waals surface area contributed by atoms with Crippen LogP contribution in [0, 0.1) is 0 Å². The zero-order valence-electron chi connectivity index (χ0n) is 10.3. The summed E-state index contributed by atoms with van der Waals surface area (Å²) in [5.74, 6) is 0.242. The van der Waals surface area contributed by atoms with Crippen molar-refractivity contribution >= 4 is 23.5 Å². The van der Waals surface area contributed by atoms with E-state index >= 15 is 0 Å². The first-order valence-electron chi connectivity index (χ1n) is 5.61. The summed E-state index contributed by atoms with van der Waals surface area (Å²) in [6.07, 6.45) is 1.60. The van der Waals surface area contributed by atoms with E-state index in [1.54, 1.807) is 18.3 Å². The lowest BCUT2D eigenvalue weighted by Gasteiger charge is -2.06. The van der Waals surface area contributed by atoms with Crippen molar-refractivity contribution in [3.05, 3.63) is 53.1 Å². The van der Waals surface area contributed by atoms with Crippen molar-refractivity contribution in [1.29, 1.82) is 0 Å². The van der Waals surface area contributed by atoms with Gasteiger partial charge < -0.3 is 9.84 Å². The molecule has 2 rings (SSSR count). The Balaban J connectivity index is 2.13. The standard InChI is InChI=1S/C14H13ClN2O2/c1-19-13-8-10(7-12(15)14(13)18)9-16-17-11-5-3-2-4-6-11/h2-9,17-18H,1H3/b16-9-. The van der Waals surface area contributed by atoms with E-state index in [0.29, 0.717) is 5.75 Å². The number of hydrogen-bond donors (Lipinski definition) is 2. The second-order valence-electron chi connectivity index (χ2n) is 3.79. The Hall–Kier alpha value is -2.20. The van der Waals surface area contributed by atoms with E-state index in [1.807, 2.05) is 30.3 Å². The van der Waals surface area contributed by atoms with Crippen molar-refractivity contribution in [1.82, 2.24) is 0 Å². The van der Waals surface area contributed by atoms with Gasteiger partial charge in [-0.3, -0.25) is 5.43 Å². The van der Waals surface area contributed by atoms with Crippen molar-refractivity contribution in [3.63, 3.8) is 0 Å². The molecule has 0 amide bonds. The highest BCUT2D eigenvalue weighted by molar-refractivity contribution is 6.32. The van der Waals surface area contributed by atoms with E-state index < -0.39 is 0 Å². The first kappa shape index (κ1) is 13.2. The van der Waals surface area contributed by atoms with Gasteiger partial charge in [-0.25, -0.2) is 0 Å². The number of halogens is 1. The average molecular weight is 277 g/mol. The number of phenolic OH excluding ortho intramolecular Hbond substituents is 1. The minimum Gasteiger partial charge on any atom is -0.503 e. The van der Waals surface area contributed by atoms with E-state index in [2.05, 4.69) is 10.5 Å². The Labute approximate surface area is 116 Å². The lowest BCUT2D eigenvalue weighted by Crippen LogP contribution is -1.92. The fourth-order valence-corrected chi connectivity index (χ4v) is 1.74. The molecular formula is C14H13ClN2O2. The summed E-state index contributed by atoms with van der Waals surface area (Å²) >= 11 is 5.88. The third-order valence-electron chi connectivity index (χ3n) is 2.45. The smallest absolute Gasteiger partial charge is 0.176 e. The maximum absolute atomic E-state index is 9.61. The van der Waals surface area contributed by atoms with Gasteiger partial charge in [0.05, 0.1) is 24.0 Å². The number of phenols is 1. The third kappa shape index (κ3) is 3.39. The summed E-state index contributed by atoms with van der Waals surface area (Å²) < 4.78 is 5.01. The number of aromatic hydroxyl groups is 1. The Morgan fingerprint density at radius 2 is 2.00 bits per heavy atom. The molecule has 0 unspecified atom stereocenters. The highest BCUT2D eigenvalue weighted by Crippen LogP contribution is 2.34. The SMILES string of the molecule is COc1cc(/C=N\Nc2ccccc2)cc(Cl)c1O. The molecule has 0 aromatic heterocycles. The molecule has 2 aromatic rings. The molecule has 0 aliphatic rings. The normalized spacial score (nSPS) is 10.6. The topological polar surface area (TPSA) is 53.8 Å². The molecule has 0 bridgehead atoms. The van der Waals surface area contributed by atoms with Gasteiger partial charge >= 0.3 is 0 Å². The van der Waals surface area contributed by atoms with Crippen LogP contribution in [-0.2, 0) is 0 Å². The van der Waals surface area contributed by atoms with Crippen LogP contribution in [-0.4, -0.2) is 18.4 Å². The lowest BCUT2D eigenvalue weighted by atomic mass is 10.2. The van der Waals surface area contributed by atoms with Crippen LogP contribution < -0.4 is 10.2 Å². The van der Waals surface area contributed by atoms with E-state index in [-0.39, 0.29) is 10.8 Å². The maximum atomic E-state index is 9.61. The molecule has 2 N–H and O–H groups in total. The highest BCUT2D eigenvalue weighted by atomic mass is 35.5. The molecule has 2 aromatic carbocycles. The third-order valence-corrected chi connectivity index (χ3v) is 2.74. The Bertz CT molecular complexity index is 585. The first-order chi connectivity index (χ1) is 9.20. The maximum Gasteiger partial charge on any atom is 0.176 e. The van der Waals surface area contributed by atoms with Crippen LogP contribution in [0.25, 0.3) is 0 Å². The van der Waals surface area contributed by atoms with Crippen LogP contribution in [0.15, 0.2) is 47.6 Å². The fourth-order valence-electron chi connectivity index (χ4n) is 1.52. The van der Waals surface area contributed by atoms with Gasteiger partial charge in [-0.2, -0.15) is 5.10 Å². The second-order valence-corrected chi connectivity index (χ2v) is 4.20. The van der Waals surface area contributed by atoms with Gasteiger partial charge in [0.1, 0.15) is 0 Å². The molecule has 4 nitrogen and oxygen atoms in total. The van der Waals surface area contributed by atoms with Crippen LogP contribution in [0.2, 0.25) is 5.02 Å².